The van der Waals surface area contributed by atoms with E-state index in [2.05, 4.69) is 15.5 Å². The zero-order valence-electron chi connectivity index (χ0n) is 15.7. The Morgan fingerprint density at radius 1 is 1.41 bits per heavy atom. The summed E-state index contributed by atoms with van der Waals surface area (Å²) >= 11 is 0. The van der Waals surface area contributed by atoms with Gasteiger partial charge in [0, 0.05) is 26.1 Å². The van der Waals surface area contributed by atoms with Crippen LogP contribution in [-0.2, 0) is 16.1 Å². The second-order valence-electron chi connectivity index (χ2n) is 7.16. The van der Waals surface area contributed by atoms with E-state index in [0.29, 0.717) is 24.3 Å². The second kappa shape index (κ2) is 7.87. The van der Waals surface area contributed by atoms with E-state index in [1.807, 2.05) is 19.0 Å². The SMILES string of the molecule is CN(C)Cc1cc(NC(=O)[C@H]2CCC(=O)N(C)[C@H]2c2cccc(F)c2)n[nH]1. The zero-order chi connectivity index (χ0) is 19.6. The number of nitrogens with zero attached hydrogens (tertiary/aromatic N) is 3. The van der Waals surface area contributed by atoms with Crippen molar-refractivity contribution in [3.05, 3.63) is 47.4 Å². The fourth-order valence-corrected chi connectivity index (χ4v) is 3.53. The van der Waals surface area contributed by atoms with Crippen LogP contribution in [0.2, 0.25) is 0 Å². The van der Waals surface area contributed by atoms with Gasteiger partial charge in [0.15, 0.2) is 5.82 Å². The van der Waals surface area contributed by atoms with Crippen molar-refractivity contribution in [1.82, 2.24) is 20.0 Å². The standard InChI is InChI=1S/C19H24FN5O2/c1-24(2)11-14-10-16(23-22-14)21-19(27)15-7-8-17(26)25(3)18(15)12-5-4-6-13(20)9-12/h4-6,9-10,15,18H,7-8,11H2,1-3H3,(H2,21,22,23,27)/t15-,18-/m0/s1. The van der Waals surface area contributed by atoms with Gasteiger partial charge < -0.3 is 15.1 Å². The molecule has 3 rings (SSSR count). The number of piperidine rings is 1. The van der Waals surface area contributed by atoms with Crippen LogP contribution in [0.25, 0.3) is 0 Å². The van der Waals surface area contributed by atoms with E-state index in [1.165, 1.54) is 17.0 Å². The van der Waals surface area contributed by atoms with E-state index in [-0.39, 0.29) is 18.2 Å². The molecule has 0 unspecified atom stereocenters. The molecule has 2 amide bonds. The zero-order valence-corrected chi connectivity index (χ0v) is 15.7. The van der Waals surface area contributed by atoms with Crippen LogP contribution < -0.4 is 5.32 Å². The number of benzene rings is 1. The number of hydrogen-bond acceptors (Lipinski definition) is 4. The van der Waals surface area contributed by atoms with Gasteiger partial charge in [-0.3, -0.25) is 14.7 Å². The molecule has 1 saturated heterocycles. The summed E-state index contributed by atoms with van der Waals surface area (Å²) in [5.74, 6) is -0.718. The first-order valence-electron chi connectivity index (χ1n) is 8.86. The van der Waals surface area contributed by atoms with Crippen molar-refractivity contribution in [2.75, 3.05) is 26.5 Å². The molecule has 7 nitrogen and oxygen atoms in total. The Morgan fingerprint density at radius 3 is 2.89 bits per heavy atom. The third-order valence-electron chi connectivity index (χ3n) is 4.76. The van der Waals surface area contributed by atoms with Crippen molar-refractivity contribution in [1.29, 1.82) is 0 Å². The van der Waals surface area contributed by atoms with Crippen LogP contribution in [0.4, 0.5) is 10.2 Å². The van der Waals surface area contributed by atoms with E-state index in [9.17, 15) is 14.0 Å². The Hall–Kier alpha value is -2.74. The molecular formula is C19H24FN5O2. The molecule has 2 aromatic rings. The first-order valence-corrected chi connectivity index (χ1v) is 8.86. The van der Waals surface area contributed by atoms with Crippen LogP contribution in [0, 0.1) is 11.7 Å². The van der Waals surface area contributed by atoms with E-state index in [0.717, 1.165) is 5.69 Å². The Balaban J connectivity index is 1.80. The van der Waals surface area contributed by atoms with E-state index in [4.69, 9.17) is 0 Å². The molecule has 144 valence electrons. The summed E-state index contributed by atoms with van der Waals surface area (Å²) in [5.41, 5.74) is 1.49. The highest BCUT2D eigenvalue weighted by Crippen LogP contribution is 2.36. The minimum absolute atomic E-state index is 0.0543. The molecule has 0 bridgehead atoms. The van der Waals surface area contributed by atoms with Crippen molar-refractivity contribution >= 4 is 17.6 Å². The number of amides is 2. The fraction of sp³-hybridized carbons (Fsp3) is 0.421. The Morgan fingerprint density at radius 2 is 2.19 bits per heavy atom. The van der Waals surface area contributed by atoms with Crippen LogP contribution in [0.3, 0.4) is 0 Å². The van der Waals surface area contributed by atoms with Gasteiger partial charge in [0.1, 0.15) is 5.82 Å². The molecule has 8 heteroatoms. The summed E-state index contributed by atoms with van der Waals surface area (Å²) in [6.07, 6.45) is 0.692. The topological polar surface area (TPSA) is 81.3 Å². The Kier molecular flexibility index (Phi) is 5.55. The predicted molar refractivity (Wildman–Crippen MR) is 99.2 cm³/mol. The van der Waals surface area contributed by atoms with Gasteiger partial charge in [0.05, 0.1) is 17.7 Å². The van der Waals surface area contributed by atoms with E-state index >= 15 is 0 Å². The van der Waals surface area contributed by atoms with Crippen LogP contribution >= 0.6 is 0 Å². The molecular weight excluding hydrogens is 349 g/mol. The molecule has 27 heavy (non-hydrogen) atoms. The number of carbonyl (C=O) groups is 2. The van der Waals surface area contributed by atoms with Crippen LogP contribution in [0.1, 0.15) is 30.1 Å². The maximum Gasteiger partial charge on any atom is 0.231 e. The highest BCUT2D eigenvalue weighted by atomic mass is 19.1. The number of H-pyrrole nitrogens is 1. The Labute approximate surface area is 157 Å². The average molecular weight is 373 g/mol. The number of aromatic nitrogens is 2. The predicted octanol–water partition coefficient (Wildman–Crippen LogP) is 2.16. The van der Waals surface area contributed by atoms with Gasteiger partial charge in [-0.05, 0) is 38.2 Å². The summed E-state index contributed by atoms with van der Waals surface area (Å²) in [4.78, 5) is 28.6. The molecule has 1 aromatic heterocycles. The van der Waals surface area contributed by atoms with Gasteiger partial charge in [0.2, 0.25) is 11.8 Å². The molecule has 0 saturated carbocycles. The first kappa shape index (κ1) is 19.0. The van der Waals surface area contributed by atoms with Crippen molar-refractivity contribution in [2.24, 2.45) is 5.92 Å². The maximum atomic E-state index is 13.7. The number of hydrogen-bond donors (Lipinski definition) is 2. The monoisotopic (exact) mass is 373 g/mol. The normalized spacial score (nSPS) is 20.2. The number of aromatic amines is 1. The first-order chi connectivity index (χ1) is 12.8. The van der Waals surface area contributed by atoms with E-state index in [1.54, 1.807) is 25.2 Å². The van der Waals surface area contributed by atoms with Crippen LogP contribution in [0.15, 0.2) is 30.3 Å². The van der Waals surface area contributed by atoms with Crippen molar-refractivity contribution in [3.8, 4) is 0 Å². The van der Waals surface area contributed by atoms with Crippen molar-refractivity contribution in [2.45, 2.75) is 25.4 Å². The number of likely N-dealkylation sites (tertiary alicyclic amines) is 1. The Bertz CT molecular complexity index is 835. The smallest absolute Gasteiger partial charge is 0.231 e. The third-order valence-corrected chi connectivity index (χ3v) is 4.76. The third kappa shape index (κ3) is 4.33. The molecule has 2 atom stereocenters. The summed E-state index contributed by atoms with van der Waals surface area (Å²) in [7, 11) is 5.54. The lowest BCUT2D eigenvalue weighted by Gasteiger charge is -2.38. The fourth-order valence-electron chi connectivity index (χ4n) is 3.53. The van der Waals surface area contributed by atoms with Gasteiger partial charge in [0.25, 0.3) is 0 Å². The van der Waals surface area contributed by atoms with Crippen molar-refractivity contribution in [3.63, 3.8) is 0 Å². The van der Waals surface area contributed by atoms with Gasteiger partial charge in [-0.1, -0.05) is 12.1 Å². The number of anilines is 1. The molecule has 2 N–H and O–H groups in total. The van der Waals surface area contributed by atoms with Gasteiger partial charge in [-0.15, -0.1) is 0 Å². The highest BCUT2D eigenvalue weighted by molar-refractivity contribution is 5.94. The second-order valence-corrected chi connectivity index (χ2v) is 7.16. The van der Waals surface area contributed by atoms with Gasteiger partial charge >= 0.3 is 0 Å². The van der Waals surface area contributed by atoms with Crippen LogP contribution in [-0.4, -0.2) is 53.0 Å². The summed E-state index contributed by atoms with van der Waals surface area (Å²) in [6.45, 7) is 0.676. The highest BCUT2D eigenvalue weighted by Gasteiger charge is 2.39. The molecule has 1 aliphatic heterocycles. The average Bonchev–Trinajstić information content (AvgIpc) is 3.03. The van der Waals surface area contributed by atoms with Crippen molar-refractivity contribution < 1.29 is 14.0 Å². The molecule has 1 aliphatic rings. The molecule has 0 aliphatic carbocycles. The molecule has 1 fully saturated rings. The number of carbonyl (C=O) groups excluding carboxylic acids is 2. The number of rotatable bonds is 5. The lowest BCUT2D eigenvalue weighted by atomic mass is 9.84. The molecule has 1 aromatic carbocycles. The van der Waals surface area contributed by atoms with Gasteiger partial charge in [-0.25, -0.2) is 4.39 Å². The quantitative estimate of drug-likeness (QED) is 0.842. The molecule has 2 heterocycles. The molecule has 0 radical (unpaired) electrons. The lowest BCUT2D eigenvalue weighted by Crippen LogP contribution is -2.44. The minimum Gasteiger partial charge on any atom is -0.338 e. The summed E-state index contributed by atoms with van der Waals surface area (Å²) < 4.78 is 13.7. The van der Waals surface area contributed by atoms with E-state index < -0.39 is 17.8 Å². The largest absolute Gasteiger partial charge is 0.338 e. The molecule has 0 spiro atoms. The van der Waals surface area contributed by atoms with Gasteiger partial charge in [-0.2, -0.15) is 5.10 Å². The van der Waals surface area contributed by atoms with Crippen LogP contribution in [0.5, 0.6) is 0 Å². The lowest BCUT2D eigenvalue weighted by molar-refractivity contribution is -0.140. The minimum atomic E-state index is -0.512. The summed E-state index contributed by atoms with van der Waals surface area (Å²) in [5, 5.41) is 9.84. The summed E-state index contributed by atoms with van der Waals surface area (Å²) in [6, 6.07) is 7.33. The number of halogens is 1. The maximum absolute atomic E-state index is 13.7. The number of nitrogens with one attached hydrogen (secondary N) is 2.